The Morgan fingerprint density at radius 2 is 0.556 bits per heavy atom. The van der Waals surface area contributed by atoms with E-state index in [9.17, 15) is 19.8 Å². The molecule has 0 radical (unpaired) electrons. The van der Waals surface area contributed by atoms with Gasteiger partial charge in [-0.1, -0.05) is 194 Å². The van der Waals surface area contributed by atoms with Crippen LogP contribution in [-0.2, 0) is 29.1 Å². The molecule has 8 nitrogen and oxygen atoms in total. The Balaban J connectivity index is -0.000000327. The molecule has 0 aliphatic heterocycles. The Morgan fingerprint density at radius 3 is 0.689 bits per heavy atom. The third-order valence-electron chi connectivity index (χ3n) is 7.97. The molecule has 0 bridgehead atoms. The van der Waals surface area contributed by atoms with Crippen LogP contribution in [0.25, 0.3) is 0 Å². The van der Waals surface area contributed by atoms with Crippen molar-refractivity contribution in [1.82, 2.24) is 0 Å². The molecule has 0 spiro atoms. The Morgan fingerprint density at radius 1 is 0.422 bits per heavy atom. The number of aliphatic carboxylic acids is 2. The van der Waals surface area contributed by atoms with Crippen molar-refractivity contribution in [3.63, 3.8) is 0 Å². The molecule has 1 N–H and O–H groups in total. The van der Waals surface area contributed by atoms with Crippen LogP contribution in [0.15, 0.2) is 0 Å². The summed E-state index contributed by atoms with van der Waals surface area (Å²) in [6.07, 6.45) is 39.7. The van der Waals surface area contributed by atoms with E-state index in [1.165, 1.54) is 167 Å². The summed E-state index contributed by atoms with van der Waals surface area (Å²) in [4.78, 5) is 28.8. The predicted octanol–water partition coefficient (Wildman–Crippen LogP) is 9.65. The average Bonchev–Trinajstić information content (AvgIpc) is 2.97. The number of unbranched alkanes of at least 4 members (excludes halogenated alkanes) is 28. The van der Waals surface area contributed by atoms with E-state index in [1.807, 2.05) is 0 Å². The molecule has 0 heterocycles. The van der Waals surface area contributed by atoms with Crippen molar-refractivity contribution in [2.24, 2.45) is 0 Å². The number of carbonyl (C=O) groups is 2. The minimum atomic E-state index is -1.50. The van der Waals surface area contributed by atoms with Gasteiger partial charge in [0.05, 0.1) is 0 Å². The van der Waals surface area contributed by atoms with Gasteiger partial charge in [0.2, 0.25) is 0 Å². The summed E-state index contributed by atoms with van der Waals surface area (Å²) in [6.45, 7) is 4.53. The average molecular weight is 695 g/mol. The molecule has 0 aliphatic carbocycles. The molecule has 0 aromatic heterocycles. The zero-order valence-corrected chi connectivity index (χ0v) is 32.6. The van der Waals surface area contributed by atoms with Crippen LogP contribution in [0.3, 0.4) is 0 Å². The van der Waals surface area contributed by atoms with Gasteiger partial charge in [-0.3, -0.25) is 0 Å². The van der Waals surface area contributed by atoms with Crippen molar-refractivity contribution < 1.29 is 49.6 Å². The molecule has 0 amide bonds. The maximum absolute atomic E-state index is 10.2. The molecule has 0 saturated heterocycles. The molecule has 0 aliphatic rings. The standard InChI is InChI=1S/2C18H36O2.HNO3.Zn/c2*1-2-3-4-5-6-7-8-9-10-11-12-13-14-15-16-17-18(19)20;2-1(3)4;/h2*2-17H2,1H3,(H,19,20);(H,2,3,4);/q;;;+2/p-2. The van der Waals surface area contributed by atoms with Crippen molar-refractivity contribution in [3.8, 4) is 0 Å². The first kappa shape index (κ1) is 50.6. The van der Waals surface area contributed by atoms with Gasteiger partial charge in [-0.25, -0.2) is 0 Å². The summed E-state index contributed by atoms with van der Waals surface area (Å²) in [5.41, 5.74) is 0. The first-order valence-electron chi connectivity index (χ1n) is 18.5. The van der Waals surface area contributed by atoms with Crippen molar-refractivity contribution in [2.75, 3.05) is 0 Å². The summed E-state index contributed by atoms with van der Waals surface area (Å²) in [7, 11) is 0. The van der Waals surface area contributed by atoms with E-state index in [4.69, 9.17) is 15.3 Å². The van der Waals surface area contributed by atoms with Crippen LogP contribution in [0, 0.1) is 10.1 Å². The Bertz CT molecular complexity index is 546. The van der Waals surface area contributed by atoms with Gasteiger partial charge in [0.15, 0.2) is 0 Å². The minimum absolute atomic E-state index is 0. The number of rotatable bonds is 32. The monoisotopic (exact) mass is 693 g/mol. The molecular weight excluding hydrogens is 624 g/mol. The van der Waals surface area contributed by atoms with Gasteiger partial charge in [0, 0.05) is 11.9 Å². The Hall–Kier alpha value is -1.24. The fourth-order valence-corrected chi connectivity index (χ4v) is 5.28. The van der Waals surface area contributed by atoms with Crippen LogP contribution in [0.5, 0.6) is 0 Å². The minimum Gasteiger partial charge on any atom is -0.550 e. The van der Waals surface area contributed by atoms with Crippen LogP contribution < -0.4 is 10.2 Å². The summed E-state index contributed by atoms with van der Waals surface area (Å²) in [5.74, 6) is -1.81. The van der Waals surface area contributed by atoms with E-state index < -0.39 is 17.0 Å². The second kappa shape index (κ2) is 47.2. The van der Waals surface area contributed by atoms with Crippen LogP contribution in [0.4, 0.5) is 0 Å². The molecule has 0 atom stereocenters. The molecule has 0 aromatic carbocycles. The maximum Gasteiger partial charge on any atom is 2.00 e. The SMILES string of the molecule is CCCCCCCCCCCCCCCCCC(=O)[O-].CCCCCCCCCCCCCCCCCC(=O)[O-].O=[N+]([O-])O.[Zn+2]. The van der Waals surface area contributed by atoms with Crippen LogP contribution in [0.1, 0.15) is 219 Å². The second-order valence-corrected chi connectivity index (χ2v) is 12.4. The normalized spacial score (nSPS) is 10.2. The van der Waals surface area contributed by atoms with Crippen molar-refractivity contribution in [3.05, 3.63) is 10.1 Å². The molecule has 0 rings (SSSR count). The third-order valence-corrected chi connectivity index (χ3v) is 7.97. The number of carboxylic acid groups (broad SMARTS) is 2. The van der Waals surface area contributed by atoms with Crippen molar-refractivity contribution in [2.45, 2.75) is 219 Å². The van der Waals surface area contributed by atoms with Gasteiger partial charge in [-0.15, -0.1) is 10.1 Å². The largest absolute Gasteiger partial charge is 2.00 e. The molecular formula is C36H71NO7Zn. The van der Waals surface area contributed by atoms with E-state index in [2.05, 4.69) is 13.8 Å². The number of nitrogens with zero attached hydrogens (tertiary/aromatic N) is 1. The van der Waals surface area contributed by atoms with E-state index in [0.29, 0.717) is 0 Å². The number of carbonyl (C=O) groups excluding carboxylic acids is 2. The summed E-state index contributed by atoms with van der Waals surface area (Å²) < 4.78 is 0. The van der Waals surface area contributed by atoms with Crippen LogP contribution >= 0.6 is 0 Å². The van der Waals surface area contributed by atoms with E-state index >= 15 is 0 Å². The fraction of sp³-hybridized carbons (Fsp3) is 0.944. The predicted molar refractivity (Wildman–Crippen MR) is 178 cm³/mol. The van der Waals surface area contributed by atoms with E-state index in [-0.39, 0.29) is 32.3 Å². The number of hydrogen-bond donors (Lipinski definition) is 1. The quantitative estimate of drug-likeness (QED) is 0.0319. The number of hydrogen-bond acceptors (Lipinski definition) is 6. The molecule has 0 saturated carbocycles. The first-order valence-corrected chi connectivity index (χ1v) is 18.5. The smallest absolute Gasteiger partial charge is 0.550 e. The van der Waals surface area contributed by atoms with Gasteiger partial charge in [-0.2, -0.15) is 0 Å². The van der Waals surface area contributed by atoms with Gasteiger partial charge in [0.25, 0.3) is 5.09 Å². The van der Waals surface area contributed by atoms with Gasteiger partial charge < -0.3 is 25.0 Å². The van der Waals surface area contributed by atoms with E-state index in [1.54, 1.807) is 0 Å². The van der Waals surface area contributed by atoms with Gasteiger partial charge in [0.1, 0.15) is 0 Å². The number of carboxylic acids is 2. The summed E-state index contributed by atoms with van der Waals surface area (Å²) in [5, 5.41) is 34.1. The van der Waals surface area contributed by atoms with Crippen LogP contribution in [0.2, 0.25) is 0 Å². The van der Waals surface area contributed by atoms with E-state index in [0.717, 1.165) is 25.7 Å². The van der Waals surface area contributed by atoms with Crippen molar-refractivity contribution >= 4 is 11.9 Å². The Kier molecular flexibility index (Phi) is 53.1. The molecule has 9 heteroatoms. The molecule has 0 fully saturated rings. The van der Waals surface area contributed by atoms with Gasteiger partial charge >= 0.3 is 19.5 Å². The summed E-state index contributed by atoms with van der Waals surface area (Å²) in [6, 6.07) is 0. The zero-order valence-electron chi connectivity index (χ0n) is 29.7. The summed E-state index contributed by atoms with van der Waals surface area (Å²) >= 11 is 0. The second-order valence-electron chi connectivity index (χ2n) is 12.4. The zero-order chi connectivity index (χ0) is 33.4. The molecule has 0 aromatic rings. The fourth-order valence-electron chi connectivity index (χ4n) is 5.28. The topological polar surface area (TPSA) is 144 Å². The maximum atomic E-state index is 10.2. The van der Waals surface area contributed by atoms with Gasteiger partial charge in [-0.05, 0) is 25.7 Å². The van der Waals surface area contributed by atoms with Crippen molar-refractivity contribution in [1.29, 1.82) is 0 Å². The Labute approximate surface area is 290 Å². The molecule has 264 valence electrons. The third kappa shape index (κ3) is 66.2. The van der Waals surface area contributed by atoms with Crippen LogP contribution in [-0.4, -0.2) is 22.2 Å². The molecule has 45 heavy (non-hydrogen) atoms. The first-order chi connectivity index (χ1) is 21.3. The molecule has 0 unspecified atom stereocenters.